The minimum Gasteiger partial charge on any atom is -0.476 e. The molecule has 0 aromatic rings. The molecule has 1 aliphatic heterocycles. The number of hydrogen-bond acceptors (Lipinski definition) is 5. The minimum absolute atomic E-state index is 0.0401. The molecule has 14 heavy (non-hydrogen) atoms. The van der Waals surface area contributed by atoms with Gasteiger partial charge in [-0.05, 0) is 20.8 Å². The summed E-state index contributed by atoms with van der Waals surface area (Å²) in [4.78, 5) is 16.1. The molecule has 1 rings (SSSR count). The monoisotopic (exact) mass is 201 g/mol. The highest BCUT2D eigenvalue weighted by molar-refractivity contribution is 5.86. The molecule has 0 bridgehead atoms. The molecule has 1 unspecified atom stereocenters. The molecule has 0 saturated carbocycles. The molecule has 0 N–H and O–H groups in total. The largest absolute Gasteiger partial charge is 0.476 e. The highest BCUT2D eigenvalue weighted by atomic mass is 16.7. The normalized spacial score (nSPS) is 20.3. The van der Waals surface area contributed by atoms with Crippen molar-refractivity contribution >= 4 is 11.9 Å². The van der Waals surface area contributed by atoms with Crippen LogP contribution in [0.5, 0.6) is 0 Å². The van der Waals surface area contributed by atoms with Gasteiger partial charge >= 0.3 is 5.97 Å². The average molecular weight is 201 g/mol. The van der Waals surface area contributed by atoms with Gasteiger partial charge in [0.05, 0.1) is 19.1 Å². The van der Waals surface area contributed by atoms with Gasteiger partial charge in [-0.3, -0.25) is 0 Å². The van der Waals surface area contributed by atoms with Crippen LogP contribution in [0.1, 0.15) is 27.2 Å². The molecule has 5 nitrogen and oxygen atoms in total. The third-order valence-electron chi connectivity index (χ3n) is 1.56. The fourth-order valence-electron chi connectivity index (χ4n) is 1.06. The maximum atomic E-state index is 11.2. The van der Waals surface area contributed by atoms with Crippen LogP contribution in [0.3, 0.4) is 0 Å². The van der Waals surface area contributed by atoms with Crippen molar-refractivity contribution in [2.24, 2.45) is 5.16 Å². The van der Waals surface area contributed by atoms with Gasteiger partial charge in [0.1, 0.15) is 0 Å². The molecular weight excluding hydrogens is 186 g/mol. The lowest BCUT2D eigenvalue weighted by Gasteiger charge is -2.08. The third-order valence-corrected chi connectivity index (χ3v) is 1.56. The second-order valence-electron chi connectivity index (χ2n) is 3.20. The molecule has 0 amide bonds. The van der Waals surface area contributed by atoms with Crippen LogP contribution in [0.25, 0.3) is 0 Å². The maximum absolute atomic E-state index is 11.2. The van der Waals surface area contributed by atoms with Crippen molar-refractivity contribution in [1.29, 1.82) is 0 Å². The van der Waals surface area contributed by atoms with Crippen molar-refractivity contribution < 1.29 is 19.1 Å². The highest BCUT2D eigenvalue weighted by Crippen LogP contribution is 2.13. The maximum Gasteiger partial charge on any atom is 0.350 e. The summed E-state index contributed by atoms with van der Waals surface area (Å²) < 4.78 is 10.1. The van der Waals surface area contributed by atoms with Crippen LogP contribution in [-0.2, 0) is 19.1 Å². The van der Waals surface area contributed by atoms with Crippen molar-refractivity contribution in [3.8, 4) is 0 Å². The van der Waals surface area contributed by atoms with E-state index >= 15 is 0 Å². The van der Waals surface area contributed by atoms with E-state index in [2.05, 4.69) is 5.16 Å². The lowest BCUT2D eigenvalue weighted by molar-refractivity contribution is -0.154. The SMILES string of the molecule is CCOC(=O)C1CC(OC(C)C)=NO1. The van der Waals surface area contributed by atoms with E-state index in [1.54, 1.807) is 6.92 Å². The molecule has 0 radical (unpaired) electrons. The fraction of sp³-hybridized carbons (Fsp3) is 0.778. The fourth-order valence-corrected chi connectivity index (χ4v) is 1.06. The number of carbonyl (C=O) groups excluding carboxylic acids is 1. The minimum atomic E-state index is -0.635. The zero-order valence-electron chi connectivity index (χ0n) is 8.65. The zero-order chi connectivity index (χ0) is 10.6. The number of esters is 1. The number of nitrogens with zero attached hydrogens (tertiary/aromatic N) is 1. The van der Waals surface area contributed by atoms with Gasteiger partial charge in [0.25, 0.3) is 0 Å². The van der Waals surface area contributed by atoms with Gasteiger partial charge in [0.15, 0.2) is 0 Å². The summed E-state index contributed by atoms with van der Waals surface area (Å²) in [6, 6.07) is 0. The Kier molecular flexibility index (Phi) is 3.73. The molecule has 0 fully saturated rings. The summed E-state index contributed by atoms with van der Waals surface area (Å²) >= 11 is 0. The summed E-state index contributed by atoms with van der Waals surface area (Å²) in [7, 11) is 0. The Hall–Kier alpha value is -1.26. The van der Waals surface area contributed by atoms with Crippen molar-refractivity contribution in [2.45, 2.75) is 39.4 Å². The first-order valence-corrected chi connectivity index (χ1v) is 4.69. The topological polar surface area (TPSA) is 57.1 Å². The molecule has 1 atom stereocenters. The molecule has 0 spiro atoms. The van der Waals surface area contributed by atoms with Crippen LogP contribution < -0.4 is 0 Å². The number of ether oxygens (including phenoxy) is 2. The molecule has 80 valence electrons. The van der Waals surface area contributed by atoms with Crippen LogP contribution in [0.2, 0.25) is 0 Å². The van der Waals surface area contributed by atoms with Crippen LogP contribution in [0, 0.1) is 0 Å². The predicted molar refractivity (Wildman–Crippen MR) is 49.8 cm³/mol. The summed E-state index contributed by atoms with van der Waals surface area (Å²) in [6.45, 7) is 5.87. The average Bonchev–Trinajstić information content (AvgIpc) is 2.52. The summed E-state index contributed by atoms with van der Waals surface area (Å²) in [6.07, 6.45) is -0.237. The van der Waals surface area contributed by atoms with E-state index in [-0.39, 0.29) is 6.10 Å². The molecule has 5 heteroatoms. The van der Waals surface area contributed by atoms with E-state index < -0.39 is 12.1 Å². The molecule has 0 aromatic carbocycles. The number of hydrogen-bond donors (Lipinski definition) is 0. The van der Waals surface area contributed by atoms with Gasteiger partial charge in [0.2, 0.25) is 12.0 Å². The first-order valence-electron chi connectivity index (χ1n) is 4.69. The van der Waals surface area contributed by atoms with Gasteiger partial charge in [0, 0.05) is 0 Å². The molecular formula is C9H15NO4. The second-order valence-corrected chi connectivity index (χ2v) is 3.20. The molecule has 1 heterocycles. The standard InChI is InChI=1S/C9H15NO4/c1-4-12-9(11)7-5-8(10-14-7)13-6(2)3/h6-7H,4-5H2,1-3H3. The zero-order valence-corrected chi connectivity index (χ0v) is 8.65. The van der Waals surface area contributed by atoms with Gasteiger partial charge < -0.3 is 14.3 Å². The molecule has 0 saturated heterocycles. The van der Waals surface area contributed by atoms with E-state index in [0.717, 1.165) is 0 Å². The summed E-state index contributed by atoms with van der Waals surface area (Å²) in [5, 5.41) is 3.65. The molecule has 1 aliphatic rings. The number of rotatable bonds is 3. The van der Waals surface area contributed by atoms with Crippen LogP contribution in [0.15, 0.2) is 5.16 Å². The quantitative estimate of drug-likeness (QED) is 0.641. The van der Waals surface area contributed by atoms with E-state index in [1.807, 2.05) is 13.8 Å². The van der Waals surface area contributed by atoms with Gasteiger partial charge in [-0.25, -0.2) is 4.79 Å². The summed E-state index contributed by atoms with van der Waals surface area (Å²) in [5.41, 5.74) is 0. The van der Waals surface area contributed by atoms with E-state index in [1.165, 1.54) is 0 Å². The Labute approximate surface area is 83.0 Å². The van der Waals surface area contributed by atoms with E-state index in [4.69, 9.17) is 14.3 Å². The Morgan fingerprint density at radius 2 is 2.43 bits per heavy atom. The van der Waals surface area contributed by atoms with Crippen LogP contribution in [-0.4, -0.2) is 30.7 Å². The van der Waals surface area contributed by atoms with Crippen molar-refractivity contribution in [2.75, 3.05) is 6.61 Å². The van der Waals surface area contributed by atoms with Crippen LogP contribution in [0.4, 0.5) is 0 Å². The van der Waals surface area contributed by atoms with E-state index in [0.29, 0.717) is 18.9 Å². The predicted octanol–water partition coefficient (Wildman–Crippen LogP) is 1.08. The van der Waals surface area contributed by atoms with Gasteiger partial charge in [-0.1, -0.05) is 5.16 Å². The number of oxime groups is 1. The van der Waals surface area contributed by atoms with E-state index in [9.17, 15) is 4.79 Å². The Bertz CT molecular complexity index is 237. The highest BCUT2D eigenvalue weighted by Gasteiger charge is 2.30. The smallest absolute Gasteiger partial charge is 0.350 e. The first-order chi connectivity index (χ1) is 6.63. The Balaban J connectivity index is 2.34. The molecule has 0 aliphatic carbocycles. The van der Waals surface area contributed by atoms with Gasteiger partial charge in [-0.2, -0.15) is 0 Å². The second kappa shape index (κ2) is 4.83. The Morgan fingerprint density at radius 1 is 1.71 bits per heavy atom. The van der Waals surface area contributed by atoms with Crippen molar-refractivity contribution in [3.63, 3.8) is 0 Å². The number of carbonyl (C=O) groups is 1. The van der Waals surface area contributed by atoms with Crippen molar-refractivity contribution in [3.05, 3.63) is 0 Å². The van der Waals surface area contributed by atoms with Crippen molar-refractivity contribution in [1.82, 2.24) is 0 Å². The molecule has 0 aromatic heterocycles. The Morgan fingerprint density at radius 3 is 3.00 bits per heavy atom. The lowest BCUT2D eigenvalue weighted by Crippen LogP contribution is -2.24. The third kappa shape index (κ3) is 2.90. The first kappa shape index (κ1) is 10.8. The summed E-state index contributed by atoms with van der Waals surface area (Å²) in [5.74, 6) is 0.0664. The lowest BCUT2D eigenvalue weighted by atomic mass is 10.2. The van der Waals surface area contributed by atoms with Gasteiger partial charge in [-0.15, -0.1) is 0 Å². The van der Waals surface area contributed by atoms with Crippen LogP contribution >= 0.6 is 0 Å².